The zero-order valence-corrected chi connectivity index (χ0v) is 14.9. The number of aromatic hydroxyl groups is 2. The van der Waals surface area contributed by atoms with Crippen molar-refractivity contribution in [3.8, 4) is 23.0 Å². The summed E-state index contributed by atoms with van der Waals surface area (Å²) in [5, 5.41) is 20.2. The minimum atomic E-state index is -0.586. The molecule has 0 heterocycles. The second-order valence-corrected chi connectivity index (χ2v) is 6.67. The highest BCUT2D eigenvalue weighted by molar-refractivity contribution is 6.35. The maximum absolute atomic E-state index is 12.9. The number of phenolic OH excluding ortho intramolecular Hbond substituents is 2. The van der Waals surface area contributed by atoms with Crippen LogP contribution in [0.5, 0.6) is 23.0 Å². The molecule has 0 aliphatic heterocycles. The van der Waals surface area contributed by atoms with E-state index in [1.165, 1.54) is 24.3 Å². The second kappa shape index (κ2) is 6.14. The van der Waals surface area contributed by atoms with Crippen molar-refractivity contribution in [2.75, 3.05) is 0 Å². The van der Waals surface area contributed by atoms with Gasteiger partial charge >= 0.3 is 0 Å². The zero-order chi connectivity index (χ0) is 19.3. The Morgan fingerprint density at radius 3 is 2.04 bits per heavy atom. The number of fused-ring (bicyclic) bond motifs is 2. The summed E-state index contributed by atoms with van der Waals surface area (Å²) < 4.78 is 5.77. The fourth-order valence-electron chi connectivity index (χ4n) is 3.12. The molecule has 0 saturated heterocycles. The van der Waals surface area contributed by atoms with E-state index in [0.717, 1.165) is 5.56 Å². The van der Waals surface area contributed by atoms with Crippen molar-refractivity contribution in [2.45, 2.75) is 6.92 Å². The van der Waals surface area contributed by atoms with E-state index >= 15 is 0 Å². The molecule has 0 aromatic heterocycles. The summed E-state index contributed by atoms with van der Waals surface area (Å²) in [6.45, 7) is 1.91. The van der Waals surface area contributed by atoms with Gasteiger partial charge in [0.2, 0.25) is 0 Å². The summed E-state index contributed by atoms with van der Waals surface area (Å²) in [7, 11) is 0. The second-order valence-electron chi connectivity index (χ2n) is 6.26. The van der Waals surface area contributed by atoms with Gasteiger partial charge in [-0.25, -0.2) is 0 Å². The molecule has 3 aromatic carbocycles. The predicted octanol–water partition coefficient (Wildman–Crippen LogP) is 4.63. The van der Waals surface area contributed by atoms with Crippen LogP contribution in [-0.2, 0) is 0 Å². The van der Waals surface area contributed by atoms with Gasteiger partial charge in [0.05, 0.1) is 16.1 Å². The van der Waals surface area contributed by atoms with Gasteiger partial charge in [0.15, 0.2) is 11.6 Å². The molecule has 2 N–H and O–H groups in total. The Morgan fingerprint density at radius 2 is 1.44 bits per heavy atom. The van der Waals surface area contributed by atoms with Crippen molar-refractivity contribution in [3.63, 3.8) is 0 Å². The van der Waals surface area contributed by atoms with E-state index in [1.54, 1.807) is 6.07 Å². The van der Waals surface area contributed by atoms with Crippen molar-refractivity contribution in [1.29, 1.82) is 0 Å². The van der Waals surface area contributed by atoms with Crippen LogP contribution in [-0.4, -0.2) is 21.8 Å². The molecular weight excluding hydrogens is 368 g/mol. The number of ketones is 2. The highest BCUT2D eigenvalue weighted by atomic mass is 35.5. The minimum absolute atomic E-state index is 0.0509. The normalized spacial score (nSPS) is 12.5. The van der Waals surface area contributed by atoms with E-state index < -0.39 is 11.6 Å². The average molecular weight is 381 g/mol. The number of hydrogen-bond acceptors (Lipinski definition) is 5. The lowest BCUT2D eigenvalue weighted by Gasteiger charge is -2.20. The quantitative estimate of drug-likeness (QED) is 0.495. The van der Waals surface area contributed by atoms with Gasteiger partial charge in [-0.3, -0.25) is 9.59 Å². The van der Waals surface area contributed by atoms with Crippen molar-refractivity contribution in [1.82, 2.24) is 0 Å². The molecule has 1 aliphatic carbocycles. The molecule has 6 heteroatoms. The van der Waals surface area contributed by atoms with Crippen LogP contribution in [0.3, 0.4) is 0 Å². The number of aryl methyl sites for hydroxylation is 1. The monoisotopic (exact) mass is 380 g/mol. The third kappa shape index (κ3) is 2.73. The van der Waals surface area contributed by atoms with E-state index in [9.17, 15) is 19.8 Å². The first-order chi connectivity index (χ1) is 12.9. The van der Waals surface area contributed by atoms with Crippen LogP contribution in [0, 0.1) is 6.92 Å². The average Bonchev–Trinajstić information content (AvgIpc) is 2.63. The van der Waals surface area contributed by atoms with Gasteiger partial charge < -0.3 is 14.9 Å². The smallest absolute Gasteiger partial charge is 0.198 e. The zero-order valence-electron chi connectivity index (χ0n) is 14.1. The number of phenols is 2. The van der Waals surface area contributed by atoms with Gasteiger partial charge in [-0.2, -0.15) is 0 Å². The molecule has 0 amide bonds. The largest absolute Gasteiger partial charge is 0.507 e. The van der Waals surface area contributed by atoms with Gasteiger partial charge in [0.1, 0.15) is 23.0 Å². The number of hydrogen-bond donors (Lipinski definition) is 2. The molecule has 0 bridgehead atoms. The van der Waals surface area contributed by atoms with Gasteiger partial charge in [0, 0.05) is 11.1 Å². The number of halogens is 1. The number of rotatable bonds is 2. The Morgan fingerprint density at radius 1 is 0.852 bits per heavy atom. The number of ether oxygens (including phenoxy) is 1. The van der Waals surface area contributed by atoms with Gasteiger partial charge in [-0.1, -0.05) is 23.7 Å². The Bertz CT molecular complexity index is 1130. The maximum Gasteiger partial charge on any atom is 0.198 e. The highest BCUT2D eigenvalue weighted by Crippen LogP contribution is 2.41. The highest BCUT2D eigenvalue weighted by Gasteiger charge is 2.35. The first-order valence-corrected chi connectivity index (χ1v) is 8.47. The van der Waals surface area contributed by atoms with Crippen molar-refractivity contribution < 1.29 is 24.5 Å². The summed E-state index contributed by atoms with van der Waals surface area (Å²) in [4.78, 5) is 25.6. The molecule has 0 spiro atoms. The topological polar surface area (TPSA) is 83.8 Å². The first kappa shape index (κ1) is 17.1. The fourth-order valence-corrected chi connectivity index (χ4v) is 3.33. The molecule has 5 nitrogen and oxygen atoms in total. The first-order valence-electron chi connectivity index (χ1n) is 8.09. The van der Waals surface area contributed by atoms with Crippen LogP contribution < -0.4 is 4.74 Å². The van der Waals surface area contributed by atoms with E-state index in [0.29, 0.717) is 5.75 Å². The molecule has 134 valence electrons. The standard InChI is InChI=1S/C21H13ClO5/c1-10-3-2-4-11(7-10)27-17-9-13-12(8-14(17)22)20(25)18-15(23)5-6-16(24)19(18)21(13)26/h2-9,23-24H,1H3. The van der Waals surface area contributed by atoms with Crippen LogP contribution >= 0.6 is 11.6 Å². The van der Waals surface area contributed by atoms with E-state index in [1.807, 2.05) is 25.1 Å². The Balaban J connectivity index is 1.85. The fraction of sp³-hybridized carbons (Fsp3) is 0.0476. The number of carbonyl (C=O) groups excluding carboxylic acids is 2. The lowest BCUT2D eigenvalue weighted by molar-refractivity contribution is 0.0974. The molecule has 0 radical (unpaired) electrons. The van der Waals surface area contributed by atoms with Crippen molar-refractivity contribution in [2.24, 2.45) is 0 Å². The van der Waals surface area contributed by atoms with Gasteiger partial charge in [0.25, 0.3) is 0 Å². The molecule has 0 saturated carbocycles. The number of benzene rings is 3. The molecule has 3 aromatic rings. The van der Waals surface area contributed by atoms with Crippen LogP contribution in [0.15, 0.2) is 48.5 Å². The van der Waals surface area contributed by atoms with Gasteiger partial charge in [-0.15, -0.1) is 0 Å². The molecule has 27 heavy (non-hydrogen) atoms. The van der Waals surface area contributed by atoms with E-state index in [2.05, 4.69) is 0 Å². The third-order valence-corrected chi connectivity index (χ3v) is 4.69. The van der Waals surface area contributed by atoms with E-state index in [4.69, 9.17) is 16.3 Å². The molecule has 0 fully saturated rings. The van der Waals surface area contributed by atoms with Crippen molar-refractivity contribution >= 4 is 23.2 Å². The summed E-state index contributed by atoms with van der Waals surface area (Å²) in [5.74, 6) is -1.17. The van der Waals surface area contributed by atoms with Crippen LogP contribution in [0.1, 0.15) is 37.4 Å². The molecule has 0 atom stereocenters. The summed E-state index contributed by atoms with van der Waals surface area (Å²) in [6, 6.07) is 12.3. The van der Waals surface area contributed by atoms with Crippen LogP contribution in [0.25, 0.3) is 0 Å². The summed E-state index contributed by atoms with van der Waals surface area (Å²) in [5.41, 5.74) is 0.643. The van der Waals surface area contributed by atoms with Crippen LogP contribution in [0.4, 0.5) is 0 Å². The summed E-state index contributed by atoms with van der Waals surface area (Å²) in [6.07, 6.45) is 0. The summed E-state index contributed by atoms with van der Waals surface area (Å²) >= 11 is 6.26. The Labute approximate surface area is 159 Å². The van der Waals surface area contributed by atoms with Gasteiger partial charge in [-0.05, 0) is 48.9 Å². The molecular formula is C21H13ClO5. The number of carbonyl (C=O) groups is 2. The molecule has 1 aliphatic rings. The molecule has 0 unspecified atom stereocenters. The maximum atomic E-state index is 12.9. The Hall–Kier alpha value is -3.31. The molecule has 4 rings (SSSR count). The van der Waals surface area contributed by atoms with Crippen LogP contribution in [0.2, 0.25) is 5.02 Å². The Kier molecular flexibility index (Phi) is 3.89. The minimum Gasteiger partial charge on any atom is -0.507 e. The van der Waals surface area contributed by atoms with E-state index in [-0.39, 0.29) is 44.5 Å². The van der Waals surface area contributed by atoms with Crippen molar-refractivity contribution in [3.05, 3.63) is 81.4 Å². The third-order valence-electron chi connectivity index (χ3n) is 4.39. The SMILES string of the molecule is Cc1cccc(Oc2cc3c(cc2Cl)C(=O)c2c(O)ccc(O)c2C3=O)c1. The lowest BCUT2D eigenvalue weighted by Crippen LogP contribution is -2.21. The predicted molar refractivity (Wildman–Crippen MR) is 99.3 cm³/mol. The lowest BCUT2D eigenvalue weighted by atomic mass is 9.83.